The molecule has 0 saturated carbocycles. The Morgan fingerprint density at radius 1 is 1.39 bits per heavy atom. The van der Waals surface area contributed by atoms with E-state index in [1.807, 2.05) is 4.90 Å². The molecule has 1 atom stereocenters. The summed E-state index contributed by atoms with van der Waals surface area (Å²) >= 11 is 0. The molecule has 0 radical (unpaired) electrons. The number of carbonyl (C=O) groups excluding carboxylic acids is 1. The SMILES string of the molecule is Cc1cc(OC(C)C(=O)N2CCCC2)ccc1F. The van der Waals surface area contributed by atoms with Crippen LogP contribution in [0.25, 0.3) is 0 Å². The molecule has 0 aliphatic carbocycles. The quantitative estimate of drug-likeness (QED) is 0.826. The van der Waals surface area contributed by atoms with Gasteiger partial charge in [-0.1, -0.05) is 0 Å². The zero-order valence-electron chi connectivity index (χ0n) is 10.8. The van der Waals surface area contributed by atoms with Crippen LogP contribution in [0.1, 0.15) is 25.3 Å². The van der Waals surface area contributed by atoms with Crippen molar-refractivity contribution in [3.8, 4) is 5.75 Å². The lowest BCUT2D eigenvalue weighted by Gasteiger charge is -2.21. The molecule has 0 spiro atoms. The van der Waals surface area contributed by atoms with E-state index >= 15 is 0 Å². The molecule has 0 bridgehead atoms. The minimum atomic E-state index is -0.520. The van der Waals surface area contributed by atoms with E-state index in [0.717, 1.165) is 25.9 Å². The Kier molecular flexibility index (Phi) is 3.84. The highest BCUT2D eigenvalue weighted by Gasteiger charge is 2.24. The van der Waals surface area contributed by atoms with Gasteiger partial charge in [-0.3, -0.25) is 4.79 Å². The molecule has 1 aliphatic rings. The number of nitrogens with zero attached hydrogens (tertiary/aromatic N) is 1. The number of aryl methyl sites for hydroxylation is 1. The van der Waals surface area contributed by atoms with Gasteiger partial charge in [-0.15, -0.1) is 0 Å². The number of rotatable bonds is 3. The highest BCUT2D eigenvalue weighted by Crippen LogP contribution is 2.18. The Hall–Kier alpha value is -1.58. The van der Waals surface area contributed by atoms with Gasteiger partial charge in [-0.2, -0.15) is 0 Å². The first-order valence-corrected chi connectivity index (χ1v) is 6.29. The first kappa shape index (κ1) is 12.9. The first-order chi connectivity index (χ1) is 8.58. The van der Waals surface area contributed by atoms with Crippen molar-refractivity contribution in [1.82, 2.24) is 4.90 Å². The van der Waals surface area contributed by atoms with Gasteiger partial charge in [-0.05, 0) is 50.5 Å². The average molecular weight is 251 g/mol. The summed E-state index contributed by atoms with van der Waals surface area (Å²) in [5.74, 6) is 0.282. The monoisotopic (exact) mass is 251 g/mol. The van der Waals surface area contributed by atoms with Crippen molar-refractivity contribution in [1.29, 1.82) is 0 Å². The van der Waals surface area contributed by atoms with Gasteiger partial charge < -0.3 is 9.64 Å². The molecule has 1 aliphatic heterocycles. The lowest BCUT2D eigenvalue weighted by atomic mass is 10.2. The molecule has 4 heteroatoms. The molecule has 18 heavy (non-hydrogen) atoms. The summed E-state index contributed by atoms with van der Waals surface area (Å²) in [4.78, 5) is 13.8. The normalized spacial score (nSPS) is 16.7. The van der Waals surface area contributed by atoms with Crippen molar-refractivity contribution in [3.63, 3.8) is 0 Å². The van der Waals surface area contributed by atoms with E-state index in [2.05, 4.69) is 0 Å². The summed E-state index contributed by atoms with van der Waals surface area (Å²) in [6.07, 6.45) is 1.61. The van der Waals surface area contributed by atoms with Crippen LogP contribution in [0.4, 0.5) is 4.39 Å². The number of ether oxygens (including phenoxy) is 1. The van der Waals surface area contributed by atoms with Gasteiger partial charge in [0.15, 0.2) is 6.10 Å². The summed E-state index contributed by atoms with van der Waals surface area (Å²) < 4.78 is 18.7. The van der Waals surface area contributed by atoms with Crippen molar-refractivity contribution < 1.29 is 13.9 Å². The van der Waals surface area contributed by atoms with E-state index in [-0.39, 0.29) is 11.7 Å². The number of benzene rings is 1. The van der Waals surface area contributed by atoms with Crippen LogP contribution in [0, 0.1) is 12.7 Å². The van der Waals surface area contributed by atoms with E-state index in [9.17, 15) is 9.18 Å². The Bertz CT molecular complexity index is 441. The Morgan fingerprint density at radius 2 is 2.06 bits per heavy atom. The molecule has 1 unspecified atom stereocenters. The molecular formula is C14H18FNO2. The highest BCUT2D eigenvalue weighted by atomic mass is 19.1. The molecule has 0 aromatic heterocycles. The third kappa shape index (κ3) is 2.81. The molecule has 1 heterocycles. The average Bonchev–Trinajstić information content (AvgIpc) is 2.86. The van der Waals surface area contributed by atoms with Gasteiger partial charge in [0, 0.05) is 13.1 Å². The zero-order valence-corrected chi connectivity index (χ0v) is 10.8. The van der Waals surface area contributed by atoms with Crippen LogP contribution in [0.3, 0.4) is 0 Å². The van der Waals surface area contributed by atoms with Gasteiger partial charge >= 0.3 is 0 Å². The number of halogens is 1. The van der Waals surface area contributed by atoms with Crippen molar-refractivity contribution in [2.75, 3.05) is 13.1 Å². The first-order valence-electron chi connectivity index (χ1n) is 6.29. The van der Waals surface area contributed by atoms with Crippen LogP contribution in [0.5, 0.6) is 5.75 Å². The molecule has 1 amide bonds. The number of carbonyl (C=O) groups is 1. The Labute approximate surface area is 107 Å². The minimum Gasteiger partial charge on any atom is -0.481 e. The molecular weight excluding hydrogens is 233 g/mol. The maximum atomic E-state index is 13.1. The van der Waals surface area contributed by atoms with Crippen molar-refractivity contribution in [2.24, 2.45) is 0 Å². The maximum absolute atomic E-state index is 13.1. The van der Waals surface area contributed by atoms with E-state index in [0.29, 0.717) is 11.3 Å². The van der Waals surface area contributed by atoms with Gasteiger partial charge in [0.2, 0.25) is 0 Å². The van der Waals surface area contributed by atoms with Gasteiger partial charge in [0.05, 0.1) is 0 Å². The molecule has 2 rings (SSSR count). The molecule has 1 aromatic carbocycles. The summed E-state index contributed by atoms with van der Waals surface area (Å²) in [5.41, 5.74) is 0.522. The zero-order chi connectivity index (χ0) is 13.1. The predicted molar refractivity (Wildman–Crippen MR) is 67.0 cm³/mol. The second-order valence-corrected chi connectivity index (χ2v) is 4.70. The number of hydrogen-bond acceptors (Lipinski definition) is 2. The third-order valence-electron chi connectivity index (χ3n) is 3.21. The second kappa shape index (κ2) is 5.38. The number of amides is 1. The van der Waals surface area contributed by atoms with Crippen LogP contribution in [-0.4, -0.2) is 30.0 Å². The molecule has 1 fully saturated rings. The van der Waals surface area contributed by atoms with Crippen molar-refractivity contribution in [3.05, 3.63) is 29.6 Å². The highest BCUT2D eigenvalue weighted by molar-refractivity contribution is 5.81. The summed E-state index contributed by atoms with van der Waals surface area (Å²) in [5, 5.41) is 0. The standard InChI is InChI=1S/C14H18FNO2/c1-10-9-12(5-6-13(10)15)18-11(2)14(17)16-7-3-4-8-16/h5-6,9,11H,3-4,7-8H2,1-2H3. The molecule has 1 aromatic rings. The molecule has 1 saturated heterocycles. The van der Waals surface area contributed by atoms with Crippen LogP contribution >= 0.6 is 0 Å². The number of hydrogen-bond donors (Lipinski definition) is 0. The van der Waals surface area contributed by atoms with Crippen LogP contribution < -0.4 is 4.74 Å². The lowest BCUT2D eigenvalue weighted by molar-refractivity contribution is -0.136. The minimum absolute atomic E-state index is 0.00878. The fraction of sp³-hybridized carbons (Fsp3) is 0.500. The largest absolute Gasteiger partial charge is 0.481 e. The van der Waals surface area contributed by atoms with E-state index in [4.69, 9.17) is 4.74 Å². The molecule has 0 N–H and O–H groups in total. The molecule has 3 nitrogen and oxygen atoms in total. The van der Waals surface area contributed by atoms with Gasteiger partial charge in [-0.25, -0.2) is 4.39 Å². The second-order valence-electron chi connectivity index (χ2n) is 4.70. The van der Waals surface area contributed by atoms with E-state index < -0.39 is 6.10 Å². The lowest BCUT2D eigenvalue weighted by Crippen LogP contribution is -2.38. The van der Waals surface area contributed by atoms with Crippen molar-refractivity contribution >= 4 is 5.91 Å². The third-order valence-corrected chi connectivity index (χ3v) is 3.21. The maximum Gasteiger partial charge on any atom is 0.263 e. The smallest absolute Gasteiger partial charge is 0.263 e. The van der Waals surface area contributed by atoms with Crippen LogP contribution in [-0.2, 0) is 4.79 Å². The van der Waals surface area contributed by atoms with Gasteiger partial charge in [0.1, 0.15) is 11.6 Å². The van der Waals surface area contributed by atoms with Crippen molar-refractivity contribution in [2.45, 2.75) is 32.8 Å². The van der Waals surface area contributed by atoms with Gasteiger partial charge in [0.25, 0.3) is 5.91 Å². The number of likely N-dealkylation sites (tertiary alicyclic amines) is 1. The van der Waals surface area contributed by atoms with Crippen LogP contribution in [0.2, 0.25) is 0 Å². The predicted octanol–water partition coefficient (Wildman–Crippen LogP) is 2.52. The van der Waals surface area contributed by atoms with E-state index in [1.54, 1.807) is 26.0 Å². The molecule has 98 valence electrons. The fourth-order valence-corrected chi connectivity index (χ4v) is 2.14. The summed E-state index contributed by atoms with van der Waals surface area (Å²) in [6, 6.07) is 4.52. The fourth-order valence-electron chi connectivity index (χ4n) is 2.14. The Balaban J connectivity index is 1.99. The summed E-state index contributed by atoms with van der Waals surface area (Å²) in [6.45, 7) is 5.04. The van der Waals surface area contributed by atoms with E-state index in [1.165, 1.54) is 6.07 Å². The summed E-state index contributed by atoms with van der Waals surface area (Å²) in [7, 11) is 0. The topological polar surface area (TPSA) is 29.5 Å². The van der Waals surface area contributed by atoms with Crippen LogP contribution in [0.15, 0.2) is 18.2 Å². The Morgan fingerprint density at radius 3 is 2.67 bits per heavy atom.